The Bertz CT molecular complexity index is 1390. The highest BCUT2D eigenvalue weighted by Gasteiger charge is 2.34. The fourth-order valence-electron chi connectivity index (χ4n) is 4.02. The Kier molecular flexibility index (Phi) is 8.45. The van der Waals surface area contributed by atoms with E-state index in [9.17, 15) is 32.7 Å². The maximum Gasteiger partial charge on any atom is 0.418 e. The molecule has 10 nitrogen and oxygen atoms in total. The van der Waals surface area contributed by atoms with Crippen molar-refractivity contribution in [2.45, 2.75) is 38.3 Å². The summed E-state index contributed by atoms with van der Waals surface area (Å²) in [4.78, 5) is 54.9. The zero-order valence-electron chi connectivity index (χ0n) is 20.4. The molecule has 0 saturated carbocycles. The average molecular weight is 583 g/mol. The van der Waals surface area contributed by atoms with E-state index in [2.05, 4.69) is 25.3 Å². The molecule has 15 heteroatoms. The number of aliphatic carboxylic acids is 1. The number of hydrogen-bond acceptors (Lipinski definition) is 9. The van der Waals surface area contributed by atoms with Crippen molar-refractivity contribution in [3.63, 3.8) is 0 Å². The number of alkyl halides is 3. The van der Waals surface area contributed by atoms with Gasteiger partial charge in [0.05, 0.1) is 27.7 Å². The summed E-state index contributed by atoms with van der Waals surface area (Å²) in [6.07, 6.45) is -0.324. The van der Waals surface area contributed by atoms with Crippen LogP contribution in [0.2, 0.25) is 5.02 Å². The molecule has 1 amide bonds. The van der Waals surface area contributed by atoms with Crippen LogP contribution in [0.5, 0.6) is 0 Å². The number of carbonyl (C=O) groups is 3. The minimum Gasteiger partial charge on any atom is -0.481 e. The molecule has 0 spiro atoms. The second-order valence-corrected chi connectivity index (χ2v) is 10.4. The summed E-state index contributed by atoms with van der Waals surface area (Å²) in [6, 6.07) is 2.22. The van der Waals surface area contributed by atoms with Crippen LogP contribution in [0.25, 0.3) is 0 Å². The summed E-state index contributed by atoms with van der Waals surface area (Å²) in [7, 11) is 0. The molecule has 1 atom stereocenters. The van der Waals surface area contributed by atoms with Gasteiger partial charge in [-0.1, -0.05) is 18.5 Å². The van der Waals surface area contributed by atoms with Gasteiger partial charge in [-0.2, -0.15) is 13.2 Å². The summed E-state index contributed by atoms with van der Waals surface area (Å²) in [6.45, 7) is 2.77. The lowest BCUT2D eigenvalue weighted by molar-refractivity contribution is -0.142. The highest BCUT2D eigenvalue weighted by molar-refractivity contribution is 7.13. The number of anilines is 2. The largest absolute Gasteiger partial charge is 0.481 e. The summed E-state index contributed by atoms with van der Waals surface area (Å²) in [5.74, 6) is -2.33. The van der Waals surface area contributed by atoms with Crippen molar-refractivity contribution < 1.29 is 32.7 Å². The van der Waals surface area contributed by atoms with Gasteiger partial charge >= 0.3 is 12.1 Å². The quantitative estimate of drug-likeness (QED) is 0.354. The molecule has 1 aliphatic rings. The van der Waals surface area contributed by atoms with Crippen molar-refractivity contribution in [1.82, 2.24) is 19.9 Å². The van der Waals surface area contributed by atoms with E-state index in [1.54, 1.807) is 13.0 Å². The molecular weight excluding hydrogens is 561 g/mol. The normalized spacial score (nSPS) is 15.2. The van der Waals surface area contributed by atoms with E-state index >= 15 is 0 Å². The fourth-order valence-corrected chi connectivity index (χ4v) is 5.10. The van der Waals surface area contributed by atoms with Crippen LogP contribution in [0.15, 0.2) is 30.9 Å². The van der Waals surface area contributed by atoms with Gasteiger partial charge in [-0.05, 0) is 18.9 Å². The number of halogens is 4. The minimum atomic E-state index is -4.71. The second-order valence-electron chi connectivity index (χ2n) is 8.95. The first kappa shape index (κ1) is 28.4. The highest BCUT2D eigenvalue weighted by Crippen LogP contribution is 2.35. The summed E-state index contributed by atoms with van der Waals surface area (Å²) in [5.41, 5.74) is -0.916. The molecule has 0 aliphatic carbocycles. The van der Waals surface area contributed by atoms with Gasteiger partial charge in [0.15, 0.2) is 5.78 Å². The molecule has 39 heavy (non-hydrogen) atoms. The molecule has 3 aromatic rings. The molecule has 0 bridgehead atoms. The number of carboxylic acids is 1. The number of amides is 1. The third-order valence-electron chi connectivity index (χ3n) is 6.17. The molecule has 1 fully saturated rings. The van der Waals surface area contributed by atoms with E-state index in [4.69, 9.17) is 11.6 Å². The van der Waals surface area contributed by atoms with Gasteiger partial charge in [-0.15, -0.1) is 11.3 Å². The fraction of sp³-hybridized carbons (Fsp3) is 0.375. The Morgan fingerprint density at radius 2 is 1.87 bits per heavy atom. The number of carboxylic acid groups (broad SMARTS) is 1. The summed E-state index contributed by atoms with van der Waals surface area (Å²) >= 11 is 6.57. The van der Waals surface area contributed by atoms with Crippen LogP contribution in [0.4, 0.5) is 24.8 Å². The van der Waals surface area contributed by atoms with Gasteiger partial charge in [0.25, 0.3) is 5.91 Å². The minimum absolute atomic E-state index is 0.0415. The van der Waals surface area contributed by atoms with Crippen LogP contribution in [0.1, 0.15) is 62.8 Å². The molecule has 2 N–H and O–H groups in total. The third kappa shape index (κ3) is 6.87. The van der Waals surface area contributed by atoms with Gasteiger partial charge in [-0.25, -0.2) is 19.9 Å². The lowest BCUT2D eigenvalue weighted by Gasteiger charge is -2.30. The average Bonchev–Trinajstić information content (AvgIpc) is 3.40. The smallest absolute Gasteiger partial charge is 0.418 e. The number of rotatable bonds is 8. The molecule has 3 aromatic heterocycles. The molecule has 4 heterocycles. The molecule has 0 unspecified atom stereocenters. The molecule has 206 valence electrons. The molecular formula is C24H22ClF3N6O4S. The third-order valence-corrected chi connectivity index (χ3v) is 7.70. The van der Waals surface area contributed by atoms with Crippen molar-refractivity contribution in [3.8, 4) is 0 Å². The van der Waals surface area contributed by atoms with Gasteiger partial charge < -0.3 is 15.3 Å². The van der Waals surface area contributed by atoms with E-state index < -0.39 is 34.6 Å². The molecule has 0 radical (unpaired) electrons. The van der Waals surface area contributed by atoms with Crippen LogP contribution in [-0.2, 0) is 11.0 Å². The first-order valence-corrected chi connectivity index (χ1v) is 12.9. The number of pyridine rings is 1. The number of thiazole rings is 1. The van der Waals surface area contributed by atoms with Crippen molar-refractivity contribution >= 4 is 52.2 Å². The van der Waals surface area contributed by atoms with Crippen molar-refractivity contribution in [3.05, 3.63) is 57.0 Å². The van der Waals surface area contributed by atoms with Gasteiger partial charge in [0, 0.05) is 37.7 Å². The van der Waals surface area contributed by atoms with E-state index in [0.717, 1.165) is 17.5 Å². The first-order chi connectivity index (χ1) is 18.4. The monoisotopic (exact) mass is 582 g/mol. The lowest BCUT2D eigenvalue weighted by Crippen LogP contribution is -2.36. The SMILES string of the molecule is C[C@@H](CC(=O)c1cc(N2CCC(C(=O)O)CC2)ncn1)c1ncc(C(=O)Nc2cc(C(F)(F)F)c(Cl)cn2)s1. The first-order valence-electron chi connectivity index (χ1n) is 11.7. The number of nitrogens with one attached hydrogen (secondary N) is 1. The van der Waals surface area contributed by atoms with E-state index in [1.807, 2.05) is 4.90 Å². The molecule has 1 aliphatic heterocycles. The summed E-state index contributed by atoms with van der Waals surface area (Å²) in [5, 5.41) is 11.4. The number of Topliss-reactive ketones (excluding diaryl/α,β-unsaturated/α-hetero) is 1. The van der Waals surface area contributed by atoms with E-state index in [-0.39, 0.29) is 34.5 Å². The second kappa shape index (κ2) is 11.6. The van der Waals surface area contributed by atoms with Crippen LogP contribution in [0, 0.1) is 5.92 Å². The molecule has 0 aromatic carbocycles. The predicted molar refractivity (Wildman–Crippen MR) is 136 cm³/mol. The lowest BCUT2D eigenvalue weighted by atomic mass is 9.97. The Morgan fingerprint density at radius 3 is 2.54 bits per heavy atom. The van der Waals surface area contributed by atoms with Crippen molar-refractivity contribution in [1.29, 1.82) is 0 Å². The van der Waals surface area contributed by atoms with E-state index in [1.165, 1.54) is 12.5 Å². The Morgan fingerprint density at radius 1 is 1.15 bits per heavy atom. The highest BCUT2D eigenvalue weighted by atomic mass is 35.5. The number of hydrogen-bond donors (Lipinski definition) is 2. The Hall–Kier alpha value is -3.65. The maximum atomic E-state index is 13.1. The van der Waals surface area contributed by atoms with Crippen molar-refractivity contribution in [2.24, 2.45) is 5.92 Å². The zero-order chi connectivity index (χ0) is 28.3. The maximum absolute atomic E-state index is 13.1. The number of ketones is 1. The van der Waals surface area contributed by atoms with Gasteiger partial charge in [0.2, 0.25) is 0 Å². The number of piperidine rings is 1. The van der Waals surface area contributed by atoms with Crippen molar-refractivity contribution in [2.75, 3.05) is 23.3 Å². The van der Waals surface area contributed by atoms with E-state index in [0.29, 0.717) is 42.8 Å². The Labute approximate surface area is 229 Å². The zero-order valence-corrected chi connectivity index (χ0v) is 22.0. The van der Waals surface area contributed by atoms with Gasteiger partial charge in [0.1, 0.15) is 28.5 Å². The van der Waals surface area contributed by atoms with Crippen LogP contribution in [-0.4, -0.2) is 55.8 Å². The number of carbonyl (C=O) groups excluding carboxylic acids is 2. The van der Waals surface area contributed by atoms with Gasteiger partial charge in [-0.3, -0.25) is 14.4 Å². The summed E-state index contributed by atoms with van der Waals surface area (Å²) < 4.78 is 39.2. The predicted octanol–water partition coefficient (Wildman–Crippen LogP) is 4.93. The molecule has 4 rings (SSSR count). The van der Waals surface area contributed by atoms with Crippen LogP contribution >= 0.6 is 22.9 Å². The Balaban J connectivity index is 1.38. The number of aromatic nitrogens is 4. The number of nitrogens with zero attached hydrogens (tertiary/aromatic N) is 5. The topological polar surface area (TPSA) is 138 Å². The van der Waals surface area contributed by atoms with Crippen LogP contribution in [0.3, 0.4) is 0 Å². The molecule has 1 saturated heterocycles. The van der Waals surface area contributed by atoms with Crippen LogP contribution < -0.4 is 10.2 Å². The standard InChI is InChI=1S/C24H22ClF3N6O4S/c1-12(6-17(35)16-8-20(32-11-31-16)34-4-2-13(3-5-34)23(37)38)22-30-10-18(39-22)21(36)33-19-7-14(24(26,27)28)15(25)9-29-19/h7-13H,2-6H2,1H3,(H,37,38)(H,29,33,36)/t12-/m0/s1.